The summed E-state index contributed by atoms with van der Waals surface area (Å²) in [6, 6.07) is 4.06. The van der Waals surface area contributed by atoms with Crippen LogP contribution in [0, 0.1) is 0 Å². The van der Waals surface area contributed by atoms with Gasteiger partial charge < -0.3 is 20.9 Å². The Balaban J connectivity index is 1.30. The monoisotopic (exact) mass is 387 g/mol. The van der Waals surface area contributed by atoms with E-state index in [1.807, 2.05) is 12.1 Å². The second-order valence-corrected chi connectivity index (χ2v) is 7.84. The third-order valence-corrected chi connectivity index (χ3v) is 5.52. The quantitative estimate of drug-likeness (QED) is 0.626. The van der Waals surface area contributed by atoms with Gasteiger partial charge >= 0.3 is 6.03 Å². The van der Waals surface area contributed by atoms with Crippen molar-refractivity contribution in [2.45, 2.75) is 70.3 Å². The van der Waals surface area contributed by atoms with E-state index in [2.05, 4.69) is 25.8 Å². The van der Waals surface area contributed by atoms with Gasteiger partial charge in [0.05, 0.1) is 11.9 Å². The zero-order valence-corrected chi connectivity index (χ0v) is 16.7. The zero-order valence-electron chi connectivity index (χ0n) is 16.7. The number of carbonyl (C=O) groups excluding carboxylic acids is 2. The van der Waals surface area contributed by atoms with Crippen molar-refractivity contribution >= 4 is 23.4 Å². The molecule has 2 fully saturated rings. The van der Waals surface area contributed by atoms with Crippen molar-refractivity contribution in [2.75, 3.05) is 29.9 Å². The van der Waals surface area contributed by atoms with Crippen LogP contribution in [0.4, 0.5) is 16.3 Å². The van der Waals surface area contributed by atoms with Crippen LogP contribution in [-0.2, 0) is 4.79 Å². The van der Waals surface area contributed by atoms with Crippen molar-refractivity contribution in [1.29, 1.82) is 0 Å². The molecule has 3 rings (SSSR count). The Bertz CT molecular complexity index is 622. The van der Waals surface area contributed by atoms with Gasteiger partial charge in [0.15, 0.2) is 0 Å². The molecule has 1 saturated carbocycles. The first-order valence-corrected chi connectivity index (χ1v) is 10.8. The van der Waals surface area contributed by atoms with Gasteiger partial charge in [0.2, 0.25) is 5.91 Å². The molecule has 7 heteroatoms. The molecule has 0 unspecified atom stereocenters. The maximum atomic E-state index is 12.1. The van der Waals surface area contributed by atoms with E-state index in [0.717, 1.165) is 31.7 Å². The third-order valence-electron chi connectivity index (χ3n) is 5.52. The average molecular weight is 388 g/mol. The molecule has 0 atom stereocenters. The molecular weight excluding hydrogens is 354 g/mol. The average Bonchev–Trinajstić information content (AvgIpc) is 2.73. The van der Waals surface area contributed by atoms with Crippen LogP contribution in [0.5, 0.6) is 0 Å². The van der Waals surface area contributed by atoms with Crippen LogP contribution in [0.25, 0.3) is 0 Å². The number of urea groups is 1. The van der Waals surface area contributed by atoms with E-state index in [1.165, 1.54) is 38.5 Å². The Morgan fingerprint density at radius 3 is 2.50 bits per heavy atom. The molecule has 2 aliphatic rings. The van der Waals surface area contributed by atoms with E-state index in [1.54, 1.807) is 6.20 Å². The third kappa shape index (κ3) is 6.69. The van der Waals surface area contributed by atoms with Gasteiger partial charge in [0, 0.05) is 32.1 Å². The predicted octanol–water partition coefficient (Wildman–Crippen LogP) is 3.42. The normalized spacial score (nSPS) is 17.8. The molecule has 0 spiro atoms. The Hall–Kier alpha value is -2.31. The van der Waals surface area contributed by atoms with Crippen molar-refractivity contribution in [1.82, 2.24) is 15.6 Å². The number of nitrogens with one attached hydrogen (secondary N) is 3. The SMILES string of the molecule is O=C(CCCNC(=O)NC1CCCCC1)Nc1ccc(N2CCCCC2)nc1. The van der Waals surface area contributed by atoms with Crippen LogP contribution in [0.2, 0.25) is 0 Å². The first kappa shape index (κ1) is 20.4. The molecule has 3 amide bonds. The van der Waals surface area contributed by atoms with Crippen molar-refractivity contribution in [3.05, 3.63) is 18.3 Å². The maximum Gasteiger partial charge on any atom is 0.315 e. The number of hydrogen-bond donors (Lipinski definition) is 3. The van der Waals surface area contributed by atoms with E-state index in [9.17, 15) is 9.59 Å². The van der Waals surface area contributed by atoms with Gasteiger partial charge in [0.1, 0.15) is 5.82 Å². The molecule has 2 heterocycles. The Morgan fingerprint density at radius 2 is 1.79 bits per heavy atom. The molecule has 1 aliphatic carbocycles. The number of hydrogen-bond acceptors (Lipinski definition) is 4. The second-order valence-electron chi connectivity index (χ2n) is 7.84. The summed E-state index contributed by atoms with van der Waals surface area (Å²) in [7, 11) is 0. The zero-order chi connectivity index (χ0) is 19.6. The Morgan fingerprint density at radius 1 is 1.04 bits per heavy atom. The van der Waals surface area contributed by atoms with E-state index in [0.29, 0.717) is 31.1 Å². The van der Waals surface area contributed by atoms with Crippen molar-refractivity contribution in [3.8, 4) is 0 Å². The van der Waals surface area contributed by atoms with Crippen LogP contribution in [0.3, 0.4) is 0 Å². The molecule has 1 aromatic rings. The maximum absolute atomic E-state index is 12.1. The number of aromatic nitrogens is 1. The van der Waals surface area contributed by atoms with Crippen LogP contribution >= 0.6 is 0 Å². The van der Waals surface area contributed by atoms with E-state index < -0.39 is 0 Å². The molecule has 1 aromatic heterocycles. The van der Waals surface area contributed by atoms with Gasteiger partial charge in [0.25, 0.3) is 0 Å². The standard InChI is InChI=1S/C21H33N5O2/c27-20(10-7-13-22-21(28)25-17-8-3-1-4-9-17)24-18-11-12-19(23-16-18)26-14-5-2-6-15-26/h11-12,16-17H,1-10,13-15H2,(H,24,27)(H2,22,25,28). The number of nitrogens with zero attached hydrogens (tertiary/aromatic N) is 2. The highest BCUT2D eigenvalue weighted by Gasteiger charge is 2.15. The van der Waals surface area contributed by atoms with Gasteiger partial charge in [-0.3, -0.25) is 4.79 Å². The molecule has 154 valence electrons. The predicted molar refractivity (Wildman–Crippen MR) is 112 cm³/mol. The second kappa shape index (κ2) is 10.9. The number of carbonyl (C=O) groups is 2. The fourth-order valence-electron chi connectivity index (χ4n) is 3.93. The number of anilines is 2. The first-order valence-electron chi connectivity index (χ1n) is 10.8. The Kier molecular flexibility index (Phi) is 7.94. The number of amides is 3. The largest absolute Gasteiger partial charge is 0.357 e. The van der Waals surface area contributed by atoms with Crippen LogP contribution in [0.1, 0.15) is 64.2 Å². The molecule has 28 heavy (non-hydrogen) atoms. The van der Waals surface area contributed by atoms with Crippen LogP contribution in [0.15, 0.2) is 18.3 Å². The molecule has 0 radical (unpaired) electrons. The summed E-state index contributed by atoms with van der Waals surface area (Å²) in [6.45, 7) is 2.61. The number of rotatable bonds is 7. The van der Waals surface area contributed by atoms with Gasteiger partial charge in [-0.05, 0) is 50.7 Å². The number of piperidine rings is 1. The van der Waals surface area contributed by atoms with E-state index in [4.69, 9.17) is 0 Å². The van der Waals surface area contributed by atoms with Crippen LogP contribution in [-0.4, -0.2) is 42.6 Å². The van der Waals surface area contributed by atoms with Crippen molar-refractivity contribution < 1.29 is 9.59 Å². The summed E-state index contributed by atoms with van der Waals surface area (Å²) >= 11 is 0. The molecule has 3 N–H and O–H groups in total. The minimum Gasteiger partial charge on any atom is -0.357 e. The lowest BCUT2D eigenvalue weighted by atomic mass is 9.96. The molecule has 1 saturated heterocycles. The summed E-state index contributed by atoms with van der Waals surface area (Å²) in [4.78, 5) is 30.7. The minimum absolute atomic E-state index is 0.0537. The highest BCUT2D eigenvalue weighted by Crippen LogP contribution is 2.19. The molecule has 0 bridgehead atoms. The van der Waals surface area contributed by atoms with Crippen molar-refractivity contribution in [3.63, 3.8) is 0 Å². The molecule has 1 aliphatic heterocycles. The summed E-state index contributed by atoms with van der Waals surface area (Å²) in [5.41, 5.74) is 0.716. The lowest BCUT2D eigenvalue weighted by Crippen LogP contribution is -2.43. The summed E-state index contributed by atoms with van der Waals surface area (Å²) in [5, 5.41) is 8.74. The van der Waals surface area contributed by atoms with E-state index >= 15 is 0 Å². The molecule has 0 aromatic carbocycles. The fourth-order valence-corrected chi connectivity index (χ4v) is 3.93. The summed E-state index contributed by atoms with van der Waals surface area (Å²) in [6.07, 6.45) is 12.2. The minimum atomic E-state index is -0.121. The highest BCUT2D eigenvalue weighted by atomic mass is 16.2. The topological polar surface area (TPSA) is 86.4 Å². The van der Waals surface area contributed by atoms with Gasteiger partial charge in [-0.2, -0.15) is 0 Å². The molecular formula is C21H33N5O2. The van der Waals surface area contributed by atoms with Crippen molar-refractivity contribution in [2.24, 2.45) is 0 Å². The van der Waals surface area contributed by atoms with Gasteiger partial charge in [-0.1, -0.05) is 19.3 Å². The van der Waals surface area contributed by atoms with Crippen LogP contribution < -0.4 is 20.9 Å². The lowest BCUT2D eigenvalue weighted by molar-refractivity contribution is -0.116. The van der Waals surface area contributed by atoms with Gasteiger partial charge in [-0.15, -0.1) is 0 Å². The Labute approximate surface area is 167 Å². The summed E-state index contributed by atoms with van der Waals surface area (Å²) in [5.74, 6) is 0.924. The molecule has 7 nitrogen and oxygen atoms in total. The summed E-state index contributed by atoms with van der Waals surface area (Å²) < 4.78 is 0. The van der Waals surface area contributed by atoms with Gasteiger partial charge in [-0.25, -0.2) is 9.78 Å². The fraction of sp³-hybridized carbons (Fsp3) is 0.667. The smallest absolute Gasteiger partial charge is 0.315 e. The highest BCUT2D eigenvalue weighted by molar-refractivity contribution is 5.90. The first-order chi connectivity index (χ1) is 13.7. The lowest BCUT2D eigenvalue weighted by Gasteiger charge is -2.27. The number of pyridine rings is 1. The van der Waals surface area contributed by atoms with E-state index in [-0.39, 0.29) is 11.9 Å².